The smallest absolute Gasteiger partial charge is 0.371 e. The second kappa shape index (κ2) is 6.17. The van der Waals surface area contributed by atoms with Crippen molar-refractivity contribution < 1.29 is 27.8 Å². The first-order valence-corrected chi connectivity index (χ1v) is 8.28. The molecule has 0 aliphatic carbocycles. The van der Waals surface area contributed by atoms with E-state index in [0.717, 1.165) is 18.9 Å². The van der Waals surface area contributed by atoms with Crippen LogP contribution in [-0.2, 0) is 10.0 Å². The van der Waals surface area contributed by atoms with E-state index in [2.05, 4.69) is 0 Å². The summed E-state index contributed by atoms with van der Waals surface area (Å²) in [6.07, 6.45) is 2.75. The van der Waals surface area contributed by atoms with Gasteiger partial charge in [0.2, 0.25) is 15.8 Å². The van der Waals surface area contributed by atoms with E-state index < -0.39 is 16.0 Å². The first-order chi connectivity index (χ1) is 9.87. The molecular weight excluding hydrogens is 298 g/mol. The third kappa shape index (κ3) is 3.12. The average Bonchev–Trinajstić information content (AvgIpc) is 2.83. The highest BCUT2D eigenvalue weighted by molar-refractivity contribution is 7.89. The van der Waals surface area contributed by atoms with Gasteiger partial charge in [-0.25, -0.2) is 13.2 Å². The summed E-state index contributed by atoms with van der Waals surface area (Å²) in [5.41, 5.74) is 0. The number of aliphatic hydroxyl groups is 1. The van der Waals surface area contributed by atoms with Gasteiger partial charge in [-0.05, 0) is 26.2 Å². The third-order valence-corrected chi connectivity index (χ3v) is 5.76. The summed E-state index contributed by atoms with van der Waals surface area (Å²) in [6.45, 7) is 1.73. The lowest BCUT2D eigenvalue weighted by Crippen LogP contribution is -2.44. The van der Waals surface area contributed by atoms with Crippen LogP contribution in [0.5, 0.6) is 0 Å². The van der Waals surface area contributed by atoms with E-state index in [9.17, 15) is 13.2 Å². The Labute approximate surface area is 123 Å². The maximum atomic E-state index is 12.7. The summed E-state index contributed by atoms with van der Waals surface area (Å²) in [4.78, 5) is 10.8. The topological polar surface area (TPSA) is 108 Å². The summed E-state index contributed by atoms with van der Waals surface area (Å²) in [5, 5.41) is 18.0. The Morgan fingerprint density at radius 3 is 2.76 bits per heavy atom. The molecule has 0 amide bonds. The minimum absolute atomic E-state index is 0.0701. The number of furan rings is 1. The van der Waals surface area contributed by atoms with Crippen LogP contribution in [0.2, 0.25) is 0 Å². The first-order valence-electron chi connectivity index (χ1n) is 6.84. The number of carbonyl (C=O) groups is 1. The molecule has 1 atom stereocenters. The van der Waals surface area contributed by atoms with Crippen molar-refractivity contribution in [2.24, 2.45) is 0 Å². The molecule has 118 valence electrons. The van der Waals surface area contributed by atoms with Crippen molar-refractivity contribution in [3.8, 4) is 0 Å². The zero-order chi connectivity index (χ0) is 15.6. The highest BCUT2D eigenvalue weighted by Crippen LogP contribution is 2.30. The molecule has 7 nitrogen and oxygen atoms in total. The van der Waals surface area contributed by atoms with Crippen molar-refractivity contribution in [2.75, 3.05) is 13.2 Å². The molecule has 0 radical (unpaired) electrons. The number of carboxylic acids is 1. The number of aryl methyl sites for hydroxylation is 1. The Hall–Kier alpha value is -1.38. The Kier molecular flexibility index (Phi) is 4.70. The molecule has 2 heterocycles. The van der Waals surface area contributed by atoms with Gasteiger partial charge in [-0.15, -0.1) is 0 Å². The Morgan fingerprint density at radius 2 is 2.19 bits per heavy atom. The van der Waals surface area contributed by atoms with Crippen LogP contribution in [0.25, 0.3) is 0 Å². The Bertz CT molecular complexity index is 619. The second-order valence-corrected chi connectivity index (χ2v) is 6.97. The molecule has 1 aliphatic rings. The van der Waals surface area contributed by atoms with Crippen molar-refractivity contribution in [2.45, 2.75) is 43.5 Å². The fraction of sp³-hybridized carbons (Fsp3) is 0.615. The van der Waals surface area contributed by atoms with Crippen LogP contribution in [0, 0.1) is 6.92 Å². The lowest BCUT2D eigenvalue weighted by Gasteiger charge is -2.34. The fourth-order valence-electron chi connectivity index (χ4n) is 2.68. The van der Waals surface area contributed by atoms with Gasteiger partial charge in [0.1, 0.15) is 10.7 Å². The average molecular weight is 317 g/mol. The lowest BCUT2D eigenvalue weighted by molar-refractivity contribution is 0.0661. The molecule has 21 heavy (non-hydrogen) atoms. The number of carboxylic acid groups (broad SMARTS) is 1. The van der Waals surface area contributed by atoms with E-state index in [4.69, 9.17) is 14.6 Å². The van der Waals surface area contributed by atoms with Gasteiger partial charge >= 0.3 is 5.97 Å². The molecule has 1 aromatic rings. The van der Waals surface area contributed by atoms with E-state index in [-0.39, 0.29) is 29.1 Å². The lowest BCUT2D eigenvalue weighted by atomic mass is 10.0. The van der Waals surface area contributed by atoms with Gasteiger partial charge < -0.3 is 14.6 Å². The van der Waals surface area contributed by atoms with Crippen LogP contribution in [-0.4, -0.2) is 48.1 Å². The van der Waals surface area contributed by atoms with Gasteiger partial charge in [0.15, 0.2) is 0 Å². The van der Waals surface area contributed by atoms with Crippen LogP contribution in [0.15, 0.2) is 15.4 Å². The van der Waals surface area contributed by atoms with Crippen LogP contribution in [0.4, 0.5) is 0 Å². The number of aliphatic hydroxyl groups excluding tert-OH is 1. The molecule has 8 heteroatoms. The van der Waals surface area contributed by atoms with Gasteiger partial charge in [0.05, 0.1) is 0 Å². The number of hydrogen-bond donors (Lipinski definition) is 2. The minimum Gasteiger partial charge on any atom is -0.475 e. The molecule has 0 aromatic carbocycles. The number of rotatable bonds is 5. The van der Waals surface area contributed by atoms with Gasteiger partial charge in [-0.2, -0.15) is 4.31 Å². The summed E-state index contributed by atoms with van der Waals surface area (Å²) >= 11 is 0. The van der Waals surface area contributed by atoms with Crippen molar-refractivity contribution in [3.05, 3.63) is 17.6 Å². The molecular formula is C13H19NO6S. The van der Waals surface area contributed by atoms with Crippen LogP contribution in [0.1, 0.15) is 42.0 Å². The summed E-state index contributed by atoms with van der Waals surface area (Å²) in [7, 11) is -3.81. The molecule has 1 fully saturated rings. The summed E-state index contributed by atoms with van der Waals surface area (Å²) < 4.78 is 31.8. The van der Waals surface area contributed by atoms with E-state index in [1.54, 1.807) is 0 Å². The van der Waals surface area contributed by atoms with Gasteiger partial charge in [-0.1, -0.05) is 6.42 Å². The van der Waals surface area contributed by atoms with Crippen molar-refractivity contribution in [3.63, 3.8) is 0 Å². The number of sulfonamides is 1. The predicted octanol–water partition coefficient (Wildman–Crippen LogP) is 1.21. The van der Waals surface area contributed by atoms with Crippen LogP contribution in [0.3, 0.4) is 0 Å². The van der Waals surface area contributed by atoms with E-state index >= 15 is 0 Å². The quantitative estimate of drug-likeness (QED) is 0.845. The Balaban J connectivity index is 2.38. The highest BCUT2D eigenvalue weighted by atomic mass is 32.2. The number of piperidine rings is 1. The highest BCUT2D eigenvalue weighted by Gasteiger charge is 2.35. The van der Waals surface area contributed by atoms with Crippen molar-refractivity contribution in [1.29, 1.82) is 0 Å². The monoisotopic (exact) mass is 317 g/mol. The maximum Gasteiger partial charge on any atom is 0.371 e. The molecule has 0 spiro atoms. The molecule has 1 unspecified atom stereocenters. The maximum absolute atomic E-state index is 12.7. The molecule has 0 bridgehead atoms. The standard InChI is InChI=1S/C13H19NO6S/c1-9-12(8-11(20-9)13(16)17)21(18,19)14-6-3-2-4-10(14)5-7-15/h8,10,15H,2-7H2,1H3,(H,16,17). The summed E-state index contributed by atoms with van der Waals surface area (Å²) in [5.74, 6) is -1.62. The van der Waals surface area contributed by atoms with E-state index in [1.807, 2.05) is 0 Å². The third-order valence-electron chi connectivity index (χ3n) is 3.71. The second-order valence-electron chi connectivity index (χ2n) is 5.11. The normalized spacial score (nSPS) is 20.6. The zero-order valence-corrected chi connectivity index (χ0v) is 12.6. The van der Waals surface area contributed by atoms with Crippen LogP contribution < -0.4 is 0 Å². The van der Waals surface area contributed by atoms with Crippen LogP contribution >= 0.6 is 0 Å². The predicted molar refractivity (Wildman–Crippen MR) is 73.6 cm³/mol. The number of aromatic carboxylic acids is 1. The molecule has 1 aromatic heterocycles. The molecule has 2 N–H and O–H groups in total. The van der Waals surface area contributed by atoms with Crippen molar-refractivity contribution >= 4 is 16.0 Å². The van der Waals surface area contributed by atoms with Gasteiger partial charge in [0, 0.05) is 25.3 Å². The van der Waals surface area contributed by atoms with E-state index in [1.165, 1.54) is 11.2 Å². The molecule has 1 aliphatic heterocycles. The largest absolute Gasteiger partial charge is 0.475 e. The minimum atomic E-state index is -3.81. The molecule has 2 rings (SSSR count). The van der Waals surface area contributed by atoms with Gasteiger partial charge in [-0.3, -0.25) is 0 Å². The number of hydrogen-bond acceptors (Lipinski definition) is 5. The van der Waals surface area contributed by atoms with Gasteiger partial charge in [0.25, 0.3) is 0 Å². The first kappa shape index (κ1) is 16.0. The number of nitrogens with zero attached hydrogens (tertiary/aromatic N) is 1. The molecule has 1 saturated heterocycles. The zero-order valence-electron chi connectivity index (χ0n) is 11.8. The van der Waals surface area contributed by atoms with E-state index in [0.29, 0.717) is 19.4 Å². The summed E-state index contributed by atoms with van der Waals surface area (Å²) in [6, 6.07) is 0.800. The molecule has 0 saturated carbocycles. The van der Waals surface area contributed by atoms with Crippen molar-refractivity contribution in [1.82, 2.24) is 4.31 Å². The fourth-order valence-corrected chi connectivity index (χ4v) is 4.57. The Morgan fingerprint density at radius 1 is 1.48 bits per heavy atom. The SMILES string of the molecule is Cc1oc(C(=O)O)cc1S(=O)(=O)N1CCCCC1CCO.